The molecule has 0 amide bonds. The summed E-state index contributed by atoms with van der Waals surface area (Å²) in [5.41, 5.74) is 3.05. The summed E-state index contributed by atoms with van der Waals surface area (Å²) in [7, 11) is 0. The lowest BCUT2D eigenvalue weighted by atomic mass is 10.2. The Kier molecular flexibility index (Phi) is 5.69. The van der Waals surface area contributed by atoms with E-state index in [4.69, 9.17) is 23.8 Å². The van der Waals surface area contributed by atoms with E-state index in [-0.39, 0.29) is 0 Å². The lowest BCUT2D eigenvalue weighted by Gasteiger charge is -2.31. The van der Waals surface area contributed by atoms with E-state index in [9.17, 15) is 0 Å². The Labute approximate surface area is 154 Å². The molecule has 126 valence electrons. The van der Waals surface area contributed by atoms with Crippen molar-refractivity contribution >= 4 is 34.6 Å². The van der Waals surface area contributed by atoms with E-state index in [0.29, 0.717) is 11.1 Å². The molecule has 1 aliphatic carbocycles. The lowest BCUT2D eigenvalue weighted by Crippen LogP contribution is -2.41. The molecule has 3 rings (SSSR count). The van der Waals surface area contributed by atoms with Crippen molar-refractivity contribution in [3.05, 3.63) is 58.9 Å². The number of anilines is 1. The maximum absolute atomic E-state index is 6.31. The number of nitrogens with one attached hydrogen (secondary N) is 1. The number of aryl methyl sites for hydroxylation is 1. The SMILES string of the molecule is Cc1ccc(Cl)c(NC(=S)N(Cc2ccccn2)C2CCCC2)c1. The van der Waals surface area contributed by atoms with Gasteiger partial charge in [-0.2, -0.15) is 0 Å². The van der Waals surface area contributed by atoms with Gasteiger partial charge in [-0.15, -0.1) is 0 Å². The van der Waals surface area contributed by atoms with Gasteiger partial charge in [-0.3, -0.25) is 4.98 Å². The highest BCUT2D eigenvalue weighted by atomic mass is 35.5. The van der Waals surface area contributed by atoms with Crippen LogP contribution >= 0.6 is 23.8 Å². The molecule has 1 N–H and O–H groups in total. The lowest BCUT2D eigenvalue weighted by molar-refractivity contribution is 0.309. The summed E-state index contributed by atoms with van der Waals surface area (Å²) in [6, 6.07) is 12.4. The fraction of sp³-hybridized carbons (Fsp3) is 0.368. The summed E-state index contributed by atoms with van der Waals surface area (Å²) in [4.78, 5) is 6.72. The summed E-state index contributed by atoms with van der Waals surface area (Å²) < 4.78 is 0. The zero-order valence-electron chi connectivity index (χ0n) is 13.8. The maximum Gasteiger partial charge on any atom is 0.174 e. The molecule has 2 aromatic rings. The molecule has 1 heterocycles. The van der Waals surface area contributed by atoms with Crippen molar-refractivity contribution in [2.24, 2.45) is 0 Å². The molecule has 1 aromatic carbocycles. The second kappa shape index (κ2) is 7.95. The second-order valence-corrected chi connectivity index (χ2v) is 7.09. The van der Waals surface area contributed by atoms with Crippen molar-refractivity contribution in [2.75, 3.05) is 5.32 Å². The standard InChI is InChI=1S/C19H22ClN3S/c1-14-9-10-17(20)18(12-14)22-19(24)23(16-7-2-3-8-16)13-15-6-4-5-11-21-15/h4-6,9-12,16H,2-3,7-8,13H2,1H3,(H,22,24). The van der Waals surface area contributed by atoms with E-state index in [1.165, 1.54) is 25.7 Å². The van der Waals surface area contributed by atoms with Gasteiger partial charge in [0.15, 0.2) is 5.11 Å². The Hall–Kier alpha value is -1.65. The molecular formula is C19H22ClN3S. The van der Waals surface area contributed by atoms with Crippen molar-refractivity contribution in [1.29, 1.82) is 0 Å². The van der Waals surface area contributed by atoms with Crippen LogP contribution in [0.1, 0.15) is 36.9 Å². The number of nitrogens with zero attached hydrogens (tertiary/aromatic N) is 2. The molecule has 1 saturated carbocycles. The normalized spacial score (nSPS) is 14.6. The van der Waals surface area contributed by atoms with Crippen LogP contribution in [0.4, 0.5) is 5.69 Å². The first kappa shape index (κ1) is 17.2. The van der Waals surface area contributed by atoms with Gasteiger partial charge < -0.3 is 10.2 Å². The van der Waals surface area contributed by atoms with Gasteiger partial charge >= 0.3 is 0 Å². The highest BCUT2D eigenvalue weighted by Crippen LogP contribution is 2.27. The molecule has 1 fully saturated rings. The second-order valence-electron chi connectivity index (χ2n) is 6.30. The number of hydrogen-bond acceptors (Lipinski definition) is 2. The van der Waals surface area contributed by atoms with Gasteiger partial charge in [0.25, 0.3) is 0 Å². The van der Waals surface area contributed by atoms with E-state index in [1.807, 2.05) is 49.5 Å². The van der Waals surface area contributed by atoms with Gasteiger partial charge in [-0.05, 0) is 61.8 Å². The highest BCUT2D eigenvalue weighted by molar-refractivity contribution is 7.80. The van der Waals surface area contributed by atoms with E-state index in [2.05, 4.69) is 15.2 Å². The summed E-state index contributed by atoms with van der Waals surface area (Å²) in [6.07, 6.45) is 6.71. The number of pyridine rings is 1. The van der Waals surface area contributed by atoms with E-state index in [1.54, 1.807) is 0 Å². The molecule has 0 saturated heterocycles. The molecule has 0 radical (unpaired) electrons. The fourth-order valence-corrected chi connectivity index (χ4v) is 3.66. The number of rotatable bonds is 4. The van der Waals surface area contributed by atoms with Crippen molar-refractivity contribution in [3.63, 3.8) is 0 Å². The fourth-order valence-electron chi connectivity index (χ4n) is 3.17. The minimum Gasteiger partial charge on any atom is -0.340 e. The molecule has 24 heavy (non-hydrogen) atoms. The number of thiocarbonyl (C=S) groups is 1. The van der Waals surface area contributed by atoms with Crippen LogP contribution < -0.4 is 5.32 Å². The van der Waals surface area contributed by atoms with Crippen LogP contribution in [-0.4, -0.2) is 21.0 Å². The summed E-state index contributed by atoms with van der Waals surface area (Å²) >= 11 is 12.0. The Morgan fingerprint density at radius 2 is 2.08 bits per heavy atom. The van der Waals surface area contributed by atoms with Crippen LogP contribution in [-0.2, 0) is 6.54 Å². The largest absolute Gasteiger partial charge is 0.340 e. The van der Waals surface area contributed by atoms with Crippen LogP contribution in [0.15, 0.2) is 42.6 Å². The Morgan fingerprint density at radius 1 is 1.29 bits per heavy atom. The van der Waals surface area contributed by atoms with Gasteiger partial charge in [0.2, 0.25) is 0 Å². The average molecular weight is 360 g/mol. The Bertz CT molecular complexity index is 699. The molecule has 0 spiro atoms. The van der Waals surface area contributed by atoms with Crippen LogP contribution in [0.3, 0.4) is 0 Å². The van der Waals surface area contributed by atoms with Gasteiger partial charge in [0, 0.05) is 12.2 Å². The third-order valence-corrected chi connectivity index (χ3v) is 5.11. The van der Waals surface area contributed by atoms with Gasteiger partial charge in [0.05, 0.1) is 22.9 Å². The molecule has 5 heteroatoms. The Morgan fingerprint density at radius 3 is 2.79 bits per heavy atom. The van der Waals surface area contributed by atoms with Gasteiger partial charge in [0.1, 0.15) is 0 Å². The summed E-state index contributed by atoms with van der Waals surface area (Å²) in [6.45, 7) is 2.77. The van der Waals surface area contributed by atoms with Gasteiger partial charge in [-0.1, -0.05) is 36.6 Å². The predicted molar refractivity (Wildman–Crippen MR) is 104 cm³/mol. The minimum absolute atomic E-state index is 0.468. The van der Waals surface area contributed by atoms with Crippen molar-refractivity contribution in [3.8, 4) is 0 Å². The number of benzene rings is 1. The molecule has 0 bridgehead atoms. The summed E-state index contributed by atoms with van der Waals surface area (Å²) in [5.74, 6) is 0. The first-order valence-corrected chi connectivity index (χ1v) is 9.16. The number of aromatic nitrogens is 1. The van der Waals surface area contributed by atoms with Crippen molar-refractivity contribution in [2.45, 2.75) is 45.2 Å². The third kappa shape index (κ3) is 4.25. The number of hydrogen-bond donors (Lipinski definition) is 1. The van der Waals surface area contributed by atoms with Crippen molar-refractivity contribution < 1.29 is 0 Å². The van der Waals surface area contributed by atoms with Crippen LogP contribution in [0.2, 0.25) is 5.02 Å². The van der Waals surface area contributed by atoms with Crippen LogP contribution in [0, 0.1) is 6.92 Å². The topological polar surface area (TPSA) is 28.2 Å². The third-order valence-electron chi connectivity index (χ3n) is 4.45. The predicted octanol–water partition coefficient (Wildman–Crippen LogP) is 5.19. The minimum atomic E-state index is 0.468. The van der Waals surface area contributed by atoms with E-state index in [0.717, 1.165) is 28.6 Å². The highest BCUT2D eigenvalue weighted by Gasteiger charge is 2.25. The quantitative estimate of drug-likeness (QED) is 0.761. The van der Waals surface area contributed by atoms with Crippen LogP contribution in [0.5, 0.6) is 0 Å². The smallest absolute Gasteiger partial charge is 0.174 e. The molecule has 0 atom stereocenters. The molecule has 0 unspecified atom stereocenters. The monoisotopic (exact) mass is 359 g/mol. The van der Waals surface area contributed by atoms with E-state index >= 15 is 0 Å². The average Bonchev–Trinajstić information content (AvgIpc) is 3.11. The van der Waals surface area contributed by atoms with Gasteiger partial charge in [-0.25, -0.2) is 0 Å². The molecule has 3 nitrogen and oxygen atoms in total. The first-order chi connectivity index (χ1) is 11.6. The molecular weight excluding hydrogens is 338 g/mol. The number of halogens is 1. The molecule has 0 aliphatic heterocycles. The summed E-state index contributed by atoms with van der Waals surface area (Å²) in [5, 5.41) is 4.76. The maximum atomic E-state index is 6.31. The van der Waals surface area contributed by atoms with Crippen LogP contribution in [0.25, 0.3) is 0 Å². The molecule has 1 aromatic heterocycles. The van der Waals surface area contributed by atoms with E-state index < -0.39 is 0 Å². The zero-order chi connectivity index (χ0) is 16.9. The zero-order valence-corrected chi connectivity index (χ0v) is 15.4. The Balaban J connectivity index is 1.79. The van der Waals surface area contributed by atoms with Crippen molar-refractivity contribution in [1.82, 2.24) is 9.88 Å². The molecule has 1 aliphatic rings. The first-order valence-electron chi connectivity index (χ1n) is 8.37.